The molecule has 1 fully saturated rings. The van der Waals surface area contributed by atoms with E-state index in [0.717, 1.165) is 35.6 Å². The number of hydrogen-bond acceptors (Lipinski definition) is 4. The van der Waals surface area contributed by atoms with Crippen LogP contribution < -0.4 is 9.34 Å². The average molecular weight is 405 g/mol. The molecule has 0 saturated carbocycles. The Morgan fingerprint density at radius 1 is 0.862 bits per heavy atom. The summed E-state index contributed by atoms with van der Waals surface area (Å²) in [6.45, 7) is 3.67. The van der Waals surface area contributed by atoms with Crippen molar-refractivity contribution in [2.24, 2.45) is 0 Å². The second kappa shape index (κ2) is 8.62. The summed E-state index contributed by atoms with van der Waals surface area (Å²) in [7, 11) is -0.988. The molecule has 0 N–H and O–H groups in total. The van der Waals surface area contributed by atoms with Crippen molar-refractivity contribution in [3.05, 3.63) is 106 Å². The van der Waals surface area contributed by atoms with Crippen LogP contribution in [0.2, 0.25) is 0 Å². The van der Waals surface area contributed by atoms with Crippen LogP contribution in [-0.2, 0) is 0 Å². The zero-order valence-electron chi connectivity index (χ0n) is 16.4. The highest BCUT2D eigenvalue weighted by molar-refractivity contribution is 7.61. The molecular weight excluding hydrogens is 381 g/mol. The van der Waals surface area contributed by atoms with Crippen molar-refractivity contribution in [2.75, 3.05) is 29.0 Å². The van der Waals surface area contributed by atoms with Gasteiger partial charge in [0, 0.05) is 29.4 Å². The van der Waals surface area contributed by atoms with E-state index in [-0.39, 0.29) is 17.1 Å². The van der Waals surface area contributed by atoms with Gasteiger partial charge in [-0.2, -0.15) is 0 Å². The smallest absolute Gasteiger partial charge is 0.218 e. The molecular formula is C23H24N3O2P. The van der Waals surface area contributed by atoms with E-state index in [2.05, 4.69) is 39.7 Å². The van der Waals surface area contributed by atoms with Crippen LogP contribution in [0.15, 0.2) is 84.9 Å². The Kier molecular flexibility index (Phi) is 5.77. The van der Waals surface area contributed by atoms with Gasteiger partial charge in [0.1, 0.15) is 13.9 Å². The lowest BCUT2D eigenvalue weighted by molar-refractivity contribution is -0.480. The molecule has 6 heteroatoms. The third kappa shape index (κ3) is 4.10. The molecule has 0 spiro atoms. The molecule has 5 nitrogen and oxygen atoms in total. The van der Waals surface area contributed by atoms with Crippen molar-refractivity contribution in [1.29, 1.82) is 0 Å². The lowest BCUT2D eigenvalue weighted by Gasteiger charge is -2.37. The van der Waals surface area contributed by atoms with Gasteiger partial charge in [-0.05, 0) is 42.3 Å². The topological polar surface area (TPSA) is 49.6 Å². The van der Waals surface area contributed by atoms with Crippen LogP contribution >= 0.6 is 8.22 Å². The van der Waals surface area contributed by atoms with Gasteiger partial charge in [-0.3, -0.25) is 10.1 Å². The maximum Gasteiger partial charge on any atom is 0.218 e. The van der Waals surface area contributed by atoms with E-state index in [1.807, 2.05) is 61.5 Å². The van der Waals surface area contributed by atoms with Crippen molar-refractivity contribution < 1.29 is 4.92 Å². The molecule has 4 rings (SSSR count). The van der Waals surface area contributed by atoms with Crippen LogP contribution in [0.5, 0.6) is 0 Å². The molecule has 1 aliphatic rings. The molecule has 0 aliphatic carbocycles. The number of para-hydroxylation sites is 2. The quantitative estimate of drug-likeness (QED) is 0.302. The van der Waals surface area contributed by atoms with Gasteiger partial charge in [0.2, 0.25) is 6.54 Å². The first-order chi connectivity index (χ1) is 14.1. The summed E-state index contributed by atoms with van der Waals surface area (Å²) in [6.07, 6.45) is 0. The summed E-state index contributed by atoms with van der Waals surface area (Å²) < 4.78 is 4.76. The highest BCUT2D eigenvalue weighted by Gasteiger charge is 2.42. The van der Waals surface area contributed by atoms with E-state index in [0.29, 0.717) is 0 Å². The predicted octanol–water partition coefficient (Wildman–Crippen LogP) is 5.65. The fourth-order valence-electron chi connectivity index (χ4n) is 3.95. The van der Waals surface area contributed by atoms with E-state index in [1.54, 1.807) is 0 Å². The fourth-order valence-corrected chi connectivity index (χ4v) is 7.03. The number of rotatable bonds is 6. The maximum absolute atomic E-state index is 11.7. The van der Waals surface area contributed by atoms with E-state index < -0.39 is 8.22 Å². The first-order valence-corrected chi connectivity index (χ1v) is 11.1. The second-order valence-corrected chi connectivity index (χ2v) is 9.36. The third-order valence-electron chi connectivity index (χ3n) is 5.28. The van der Waals surface area contributed by atoms with Gasteiger partial charge in [0.25, 0.3) is 0 Å². The summed E-state index contributed by atoms with van der Waals surface area (Å²) in [4.78, 5) is 11.6. The normalized spacial score (nSPS) is 15.5. The van der Waals surface area contributed by atoms with Crippen LogP contribution in [0, 0.1) is 17.0 Å². The Bertz CT molecular complexity index is 921. The predicted molar refractivity (Wildman–Crippen MR) is 120 cm³/mol. The van der Waals surface area contributed by atoms with Gasteiger partial charge in [-0.25, -0.2) is 0 Å². The molecule has 1 atom stereocenters. The number of aryl methyl sites for hydroxylation is 1. The molecule has 1 unspecified atom stereocenters. The molecule has 1 aliphatic heterocycles. The minimum absolute atomic E-state index is 0.0801. The first-order valence-electron chi connectivity index (χ1n) is 9.76. The summed E-state index contributed by atoms with van der Waals surface area (Å²) in [5.41, 5.74) is 4.23. The Balaban J connectivity index is 1.83. The van der Waals surface area contributed by atoms with E-state index in [1.165, 1.54) is 0 Å². The van der Waals surface area contributed by atoms with Crippen LogP contribution in [0.1, 0.15) is 16.8 Å². The van der Waals surface area contributed by atoms with Crippen LogP contribution in [0.25, 0.3) is 0 Å². The lowest BCUT2D eigenvalue weighted by atomic mass is 10.1. The van der Waals surface area contributed by atoms with Crippen molar-refractivity contribution in [3.63, 3.8) is 0 Å². The highest BCUT2D eigenvalue weighted by Crippen LogP contribution is 2.62. The molecule has 148 valence electrons. The van der Waals surface area contributed by atoms with Crippen molar-refractivity contribution in [3.8, 4) is 0 Å². The molecule has 3 aromatic rings. The Morgan fingerprint density at radius 2 is 1.34 bits per heavy atom. The van der Waals surface area contributed by atoms with E-state index in [4.69, 9.17) is 0 Å². The number of hydrogen-bond donors (Lipinski definition) is 0. The summed E-state index contributed by atoms with van der Waals surface area (Å²) in [6, 6.07) is 28.6. The van der Waals surface area contributed by atoms with Gasteiger partial charge in [0.05, 0.1) is 0 Å². The van der Waals surface area contributed by atoms with Gasteiger partial charge in [0.15, 0.2) is 0 Å². The van der Waals surface area contributed by atoms with Crippen molar-refractivity contribution >= 4 is 19.6 Å². The Labute approximate surface area is 172 Å². The standard InChI is InChI=1S/C23H24N3O2P/c1-19-10-8-9-15-22(19)23(18-26(27)28)29-24(20-11-4-2-5-12-20)16-17-25(29)21-13-6-3-7-14-21/h2-15,23H,16-18H2,1H3. The van der Waals surface area contributed by atoms with Gasteiger partial charge < -0.3 is 9.34 Å². The number of anilines is 2. The van der Waals surface area contributed by atoms with Crippen molar-refractivity contribution in [2.45, 2.75) is 12.6 Å². The lowest BCUT2D eigenvalue weighted by Crippen LogP contribution is -2.24. The fraction of sp³-hybridized carbons (Fsp3) is 0.217. The van der Waals surface area contributed by atoms with Crippen LogP contribution in [-0.4, -0.2) is 24.6 Å². The SMILES string of the molecule is Cc1ccccc1C(C[N+](=O)[O-])P1N(c2ccccc2)CCN1c1ccccc1. The van der Waals surface area contributed by atoms with E-state index >= 15 is 0 Å². The zero-order chi connectivity index (χ0) is 20.2. The second-order valence-electron chi connectivity index (χ2n) is 7.13. The number of nitro groups is 1. The molecule has 0 amide bonds. The molecule has 1 saturated heterocycles. The number of benzene rings is 3. The largest absolute Gasteiger partial charge is 0.331 e. The first kappa shape index (κ1) is 19.4. The minimum atomic E-state index is -0.988. The molecule has 1 heterocycles. The molecule has 0 aromatic heterocycles. The maximum atomic E-state index is 11.7. The van der Waals surface area contributed by atoms with Gasteiger partial charge >= 0.3 is 0 Å². The highest BCUT2D eigenvalue weighted by atomic mass is 31.1. The summed E-state index contributed by atoms with van der Waals surface area (Å²) >= 11 is 0. The van der Waals surface area contributed by atoms with Crippen molar-refractivity contribution in [1.82, 2.24) is 0 Å². The monoisotopic (exact) mass is 405 g/mol. The van der Waals surface area contributed by atoms with E-state index in [9.17, 15) is 10.1 Å². The average Bonchev–Trinajstić information content (AvgIpc) is 3.19. The molecule has 0 radical (unpaired) electrons. The Morgan fingerprint density at radius 3 is 1.83 bits per heavy atom. The number of nitrogens with zero attached hydrogens (tertiary/aromatic N) is 3. The molecule has 3 aromatic carbocycles. The van der Waals surface area contributed by atoms with Gasteiger partial charge in [-0.15, -0.1) is 0 Å². The zero-order valence-corrected chi connectivity index (χ0v) is 17.3. The van der Waals surface area contributed by atoms with Crippen LogP contribution in [0.3, 0.4) is 0 Å². The molecule has 29 heavy (non-hydrogen) atoms. The Hall–Kier alpha value is -2.91. The van der Waals surface area contributed by atoms with Gasteiger partial charge in [-0.1, -0.05) is 60.7 Å². The summed E-state index contributed by atoms with van der Waals surface area (Å²) in [5, 5.41) is 11.7. The molecule has 0 bridgehead atoms. The summed E-state index contributed by atoms with van der Waals surface area (Å²) in [5.74, 6) is 0. The van der Waals surface area contributed by atoms with Crippen LogP contribution in [0.4, 0.5) is 11.4 Å². The minimum Gasteiger partial charge on any atom is -0.331 e. The third-order valence-corrected chi connectivity index (χ3v) is 8.13.